The number of nitrogens with one attached hydrogen (secondary N) is 2. The first-order valence-corrected chi connectivity index (χ1v) is 6.73. The molecule has 0 bridgehead atoms. The molecule has 0 aliphatic heterocycles. The molecule has 1 amide bonds. The number of hydrogen-bond donors (Lipinski definition) is 2. The smallest absolute Gasteiger partial charge is 0.242 e. The fourth-order valence-corrected chi connectivity index (χ4v) is 1.95. The van der Waals surface area contributed by atoms with Gasteiger partial charge in [-0.05, 0) is 41.1 Å². The van der Waals surface area contributed by atoms with Crippen LogP contribution < -0.4 is 10.6 Å². The van der Waals surface area contributed by atoms with E-state index in [-0.39, 0.29) is 11.9 Å². The highest BCUT2D eigenvalue weighted by Gasteiger charge is 2.12. The molecule has 0 spiro atoms. The standard InChI is InChI=1S/C12H14Br2N2O/c1-3-6-15-12(17)8(2)16-11-7-9(13)4-5-10(11)14/h3-5,7-8,16H,1,6H2,2H3,(H,15,17). The van der Waals surface area contributed by atoms with Crippen LogP contribution in [0.15, 0.2) is 39.8 Å². The molecule has 3 nitrogen and oxygen atoms in total. The molecule has 5 heteroatoms. The monoisotopic (exact) mass is 360 g/mol. The lowest BCUT2D eigenvalue weighted by molar-refractivity contribution is -0.121. The number of rotatable bonds is 5. The number of hydrogen-bond acceptors (Lipinski definition) is 2. The Hall–Kier alpha value is -0.810. The molecule has 0 heterocycles. The third-order valence-electron chi connectivity index (χ3n) is 2.11. The second-order valence-electron chi connectivity index (χ2n) is 3.52. The molecule has 1 atom stereocenters. The first-order valence-electron chi connectivity index (χ1n) is 5.14. The van der Waals surface area contributed by atoms with Gasteiger partial charge in [-0.2, -0.15) is 0 Å². The van der Waals surface area contributed by atoms with Crippen LogP contribution in [0.1, 0.15) is 6.92 Å². The molecule has 0 aliphatic carbocycles. The molecule has 0 radical (unpaired) electrons. The average Bonchev–Trinajstić information content (AvgIpc) is 2.30. The molecule has 1 unspecified atom stereocenters. The lowest BCUT2D eigenvalue weighted by Crippen LogP contribution is -2.37. The molecule has 0 fully saturated rings. The van der Waals surface area contributed by atoms with Gasteiger partial charge in [0.05, 0.1) is 5.69 Å². The second kappa shape index (κ2) is 6.81. The number of carbonyl (C=O) groups excluding carboxylic acids is 1. The maximum atomic E-state index is 11.7. The molecule has 0 aromatic heterocycles. The van der Waals surface area contributed by atoms with Gasteiger partial charge in [0.1, 0.15) is 6.04 Å². The van der Waals surface area contributed by atoms with E-state index in [4.69, 9.17) is 0 Å². The van der Waals surface area contributed by atoms with Crippen LogP contribution in [0, 0.1) is 0 Å². The molecule has 92 valence electrons. The van der Waals surface area contributed by atoms with Gasteiger partial charge < -0.3 is 10.6 Å². The Morgan fingerprint density at radius 3 is 2.88 bits per heavy atom. The summed E-state index contributed by atoms with van der Waals surface area (Å²) in [7, 11) is 0. The summed E-state index contributed by atoms with van der Waals surface area (Å²) in [5, 5.41) is 5.88. The first-order chi connectivity index (χ1) is 8.04. The Kier molecular flexibility index (Phi) is 5.71. The van der Waals surface area contributed by atoms with E-state index >= 15 is 0 Å². The molecule has 1 aromatic carbocycles. The van der Waals surface area contributed by atoms with E-state index in [2.05, 4.69) is 49.1 Å². The molecule has 0 aliphatic rings. The second-order valence-corrected chi connectivity index (χ2v) is 5.29. The molecule has 1 rings (SSSR count). The van der Waals surface area contributed by atoms with Crippen molar-refractivity contribution >= 4 is 43.5 Å². The van der Waals surface area contributed by atoms with Crippen molar-refractivity contribution in [3.63, 3.8) is 0 Å². The Morgan fingerprint density at radius 2 is 2.24 bits per heavy atom. The predicted molar refractivity (Wildman–Crippen MR) is 78.1 cm³/mol. The van der Waals surface area contributed by atoms with Crippen molar-refractivity contribution in [3.8, 4) is 0 Å². The molecule has 0 saturated heterocycles. The van der Waals surface area contributed by atoms with Gasteiger partial charge in [0.25, 0.3) is 0 Å². The van der Waals surface area contributed by atoms with Crippen molar-refractivity contribution in [3.05, 3.63) is 39.8 Å². The molecular weight excluding hydrogens is 348 g/mol. The van der Waals surface area contributed by atoms with Crippen LogP contribution in [0.3, 0.4) is 0 Å². The Morgan fingerprint density at radius 1 is 1.53 bits per heavy atom. The molecule has 17 heavy (non-hydrogen) atoms. The maximum Gasteiger partial charge on any atom is 0.242 e. The van der Waals surface area contributed by atoms with E-state index in [1.165, 1.54) is 0 Å². The highest BCUT2D eigenvalue weighted by Crippen LogP contribution is 2.26. The van der Waals surface area contributed by atoms with Gasteiger partial charge in [0, 0.05) is 15.5 Å². The minimum absolute atomic E-state index is 0.0585. The van der Waals surface area contributed by atoms with Crippen LogP contribution in [-0.4, -0.2) is 18.5 Å². The Balaban J connectivity index is 2.66. The zero-order chi connectivity index (χ0) is 12.8. The average molecular weight is 362 g/mol. The van der Waals surface area contributed by atoms with Gasteiger partial charge in [-0.25, -0.2) is 0 Å². The van der Waals surface area contributed by atoms with Gasteiger partial charge in [-0.1, -0.05) is 22.0 Å². The van der Waals surface area contributed by atoms with Crippen LogP contribution in [0.4, 0.5) is 5.69 Å². The maximum absolute atomic E-state index is 11.7. The molecule has 1 aromatic rings. The first kappa shape index (κ1) is 14.3. The van der Waals surface area contributed by atoms with Gasteiger partial charge in [0.15, 0.2) is 0 Å². The summed E-state index contributed by atoms with van der Waals surface area (Å²) in [4.78, 5) is 11.7. The van der Waals surface area contributed by atoms with Crippen molar-refractivity contribution in [1.29, 1.82) is 0 Å². The molecular formula is C12H14Br2N2O. The van der Waals surface area contributed by atoms with Gasteiger partial charge in [-0.3, -0.25) is 4.79 Å². The number of halogens is 2. The summed E-state index contributed by atoms with van der Waals surface area (Å²) in [5.41, 5.74) is 0.876. The van der Waals surface area contributed by atoms with Crippen molar-refractivity contribution in [2.24, 2.45) is 0 Å². The van der Waals surface area contributed by atoms with Crippen molar-refractivity contribution in [1.82, 2.24) is 5.32 Å². The molecule has 0 saturated carbocycles. The number of benzene rings is 1. The van der Waals surface area contributed by atoms with Crippen LogP contribution in [0.25, 0.3) is 0 Å². The van der Waals surface area contributed by atoms with Crippen LogP contribution in [0.2, 0.25) is 0 Å². The van der Waals surface area contributed by atoms with E-state index < -0.39 is 0 Å². The minimum atomic E-state index is -0.305. The largest absolute Gasteiger partial charge is 0.373 e. The van der Waals surface area contributed by atoms with Gasteiger partial charge >= 0.3 is 0 Å². The van der Waals surface area contributed by atoms with Crippen LogP contribution in [0.5, 0.6) is 0 Å². The predicted octanol–water partition coefficient (Wildman–Crippen LogP) is 3.31. The highest BCUT2D eigenvalue weighted by molar-refractivity contribution is 9.11. The minimum Gasteiger partial charge on any atom is -0.373 e. The van der Waals surface area contributed by atoms with E-state index in [1.54, 1.807) is 6.08 Å². The third kappa shape index (κ3) is 4.52. The Labute approximate surface area is 118 Å². The van der Waals surface area contributed by atoms with E-state index in [0.717, 1.165) is 14.6 Å². The van der Waals surface area contributed by atoms with Crippen LogP contribution in [-0.2, 0) is 4.79 Å². The van der Waals surface area contributed by atoms with Crippen molar-refractivity contribution < 1.29 is 4.79 Å². The lowest BCUT2D eigenvalue weighted by Gasteiger charge is -2.16. The Bertz CT molecular complexity index is 421. The van der Waals surface area contributed by atoms with Gasteiger partial charge in [-0.15, -0.1) is 6.58 Å². The van der Waals surface area contributed by atoms with Crippen LogP contribution >= 0.6 is 31.9 Å². The zero-order valence-corrected chi connectivity index (χ0v) is 12.6. The third-order valence-corrected chi connectivity index (χ3v) is 3.30. The number of carbonyl (C=O) groups is 1. The summed E-state index contributed by atoms with van der Waals surface area (Å²) in [6.45, 7) is 5.84. The van der Waals surface area contributed by atoms with E-state index in [9.17, 15) is 4.79 Å². The fraction of sp³-hybridized carbons (Fsp3) is 0.250. The SMILES string of the molecule is C=CCNC(=O)C(C)Nc1cc(Br)ccc1Br. The van der Waals surface area contributed by atoms with E-state index in [0.29, 0.717) is 6.54 Å². The highest BCUT2D eigenvalue weighted by atomic mass is 79.9. The summed E-state index contributed by atoms with van der Waals surface area (Å²) < 4.78 is 1.88. The summed E-state index contributed by atoms with van der Waals surface area (Å²) in [6, 6.07) is 5.46. The summed E-state index contributed by atoms with van der Waals surface area (Å²) in [6.07, 6.45) is 1.65. The topological polar surface area (TPSA) is 41.1 Å². The van der Waals surface area contributed by atoms with E-state index in [1.807, 2.05) is 25.1 Å². The lowest BCUT2D eigenvalue weighted by atomic mass is 10.2. The normalized spacial score (nSPS) is 11.7. The summed E-state index contributed by atoms with van der Waals surface area (Å²) in [5.74, 6) is -0.0585. The van der Waals surface area contributed by atoms with Gasteiger partial charge in [0.2, 0.25) is 5.91 Å². The fourth-order valence-electron chi connectivity index (χ4n) is 1.23. The zero-order valence-electron chi connectivity index (χ0n) is 9.47. The molecule has 2 N–H and O–H groups in total. The van der Waals surface area contributed by atoms with Crippen molar-refractivity contribution in [2.75, 3.05) is 11.9 Å². The quantitative estimate of drug-likeness (QED) is 0.790. The number of amides is 1. The van der Waals surface area contributed by atoms with Crippen molar-refractivity contribution in [2.45, 2.75) is 13.0 Å². The summed E-state index contributed by atoms with van der Waals surface area (Å²) >= 11 is 6.82. The number of anilines is 1.